The molecule has 1 aromatic carbocycles. The maximum atomic E-state index is 13.2. The molecular formula is C21H25N5O3S2. The summed E-state index contributed by atoms with van der Waals surface area (Å²) in [4.78, 5) is 26.4. The van der Waals surface area contributed by atoms with Gasteiger partial charge in [0.1, 0.15) is 11.0 Å². The Balaban J connectivity index is 1.85. The highest BCUT2D eigenvalue weighted by atomic mass is 32.2. The topological polar surface area (TPSA) is 112 Å². The van der Waals surface area contributed by atoms with Gasteiger partial charge in [-0.25, -0.2) is 4.79 Å². The average Bonchev–Trinajstić information content (AvgIpc) is 3.26. The lowest BCUT2D eigenvalue weighted by Crippen LogP contribution is -2.27. The summed E-state index contributed by atoms with van der Waals surface area (Å²) in [6.07, 6.45) is 0.476. The first-order valence-electron chi connectivity index (χ1n) is 9.73. The van der Waals surface area contributed by atoms with Crippen LogP contribution in [-0.2, 0) is 15.3 Å². The fourth-order valence-electron chi connectivity index (χ4n) is 3.15. The number of nitrogen functional groups attached to an aromatic ring is 1. The van der Waals surface area contributed by atoms with Crippen molar-refractivity contribution in [2.24, 2.45) is 0 Å². The number of anilines is 2. The van der Waals surface area contributed by atoms with Gasteiger partial charge >= 0.3 is 5.97 Å². The molecule has 31 heavy (non-hydrogen) atoms. The summed E-state index contributed by atoms with van der Waals surface area (Å²) in [5.41, 5.74) is 8.37. The average molecular weight is 460 g/mol. The molecule has 164 valence electrons. The number of thioether (sulfide) groups is 1. The fourth-order valence-corrected chi connectivity index (χ4v) is 5.14. The molecule has 3 N–H and O–H groups in total. The minimum Gasteiger partial charge on any atom is -0.465 e. The Hall–Kier alpha value is -2.85. The SMILES string of the molecule is CCC(C(=O)Nc1sc(C)c(C)c1C(=O)OC)n1c(N)nnc1SCc1ccccc1. The number of carbonyl (C=O) groups is 2. The smallest absolute Gasteiger partial charge is 0.341 e. The monoisotopic (exact) mass is 459 g/mol. The third-order valence-corrected chi connectivity index (χ3v) is 7.05. The number of esters is 1. The lowest BCUT2D eigenvalue weighted by atomic mass is 10.1. The third-order valence-electron chi connectivity index (χ3n) is 4.91. The molecule has 0 bridgehead atoms. The number of nitrogens with two attached hydrogens (primary N) is 1. The number of ether oxygens (including phenoxy) is 1. The van der Waals surface area contributed by atoms with E-state index in [2.05, 4.69) is 15.5 Å². The zero-order chi connectivity index (χ0) is 22.5. The van der Waals surface area contributed by atoms with Crippen molar-refractivity contribution in [3.05, 3.63) is 51.9 Å². The van der Waals surface area contributed by atoms with Crippen LogP contribution < -0.4 is 11.1 Å². The number of hydrogen-bond donors (Lipinski definition) is 2. The van der Waals surface area contributed by atoms with Crippen LogP contribution >= 0.6 is 23.1 Å². The molecule has 0 radical (unpaired) electrons. The van der Waals surface area contributed by atoms with E-state index in [9.17, 15) is 9.59 Å². The van der Waals surface area contributed by atoms with Gasteiger partial charge in [0.2, 0.25) is 11.9 Å². The van der Waals surface area contributed by atoms with E-state index in [0.717, 1.165) is 16.0 Å². The van der Waals surface area contributed by atoms with Gasteiger partial charge in [0.05, 0.1) is 12.7 Å². The van der Waals surface area contributed by atoms with Gasteiger partial charge in [0, 0.05) is 10.6 Å². The van der Waals surface area contributed by atoms with Crippen LogP contribution in [0.4, 0.5) is 10.9 Å². The van der Waals surface area contributed by atoms with Crippen molar-refractivity contribution in [3.63, 3.8) is 0 Å². The zero-order valence-electron chi connectivity index (χ0n) is 17.8. The summed E-state index contributed by atoms with van der Waals surface area (Å²) in [6, 6.07) is 9.33. The minimum absolute atomic E-state index is 0.171. The molecule has 1 unspecified atom stereocenters. The van der Waals surface area contributed by atoms with Gasteiger partial charge in [-0.2, -0.15) is 0 Å². The second-order valence-electron chi connectivity index (χ2n) is 6.88. The molecule has 0 saturated carbocycles. The van der Waals surface area contributed by atoms with E-state index in [0.29, 0.717) is 27.9 Å². The highest BCUT2D eigenvalue weighted by molar-refractivity contribution is 7.98. The normalized spacial score (nSPS) is 11.9. The number of thiophene rings is 1. The van der Waals surface area contributed by atoms with Crippen LogP contribution in [0.25, 0.3) is 0 Å². The van der Waals surface area contributed by atoms with Crippen molar-refractivity contribution in [2.45, 2.75) is 44.1 Å². The van der Waals surface area contributed by atoms with Gasteiger partial charge in [0.15, 0.2) is 5.16 Å². The molecule has 0 aliphatic heterocycles. The molecular weight excluding hydrogens is 434 g/mol. The first-order chi connectivity index (χ1) is 14.9. The number of rotatable bonds is 8. The molecule has 1 amide bonds. The molecule has 2 heterocycles. The van der Waals surface area contributed by atoms with Crippen LogP contribution in [0.2, 0.25) is 0 Å². The predicted octanol–water partition coefficient (Wildman–Crippen LogP) is 4.21. The van der Waals surface area contributed by atoms with Crippen LogP contribution in [-0.4, -0.2) is 33.8 Å². The van der Waals surface area contributed by atoms with Crippen molar-refractivity contribution in [2.75, 3.05) is 18.2 Å². The molecule has 10 heteroatoms. The maximum absolute atomic E-state index is 13.2. The molecule has 3 aromatic rings. The zero-order valence-corrected chi connectivity index (χ0v) is 19.5. The van der Waals surface area contributed by atoms with Crippen molar-refractivity contribution in [1.29, 1.82) is 0 Å². The van der Waals surface area contributed by atoms with Crippen LogP contribution in [0.1, 0.15) is 45.7 Å². The first-order valence-corrected chi connectivity index (χ1v) is 11.5. The number of nitrogens with one attached hydrogen (secondary N) is 1. The van der Waals surface area contributed by atoms with E-state index in [1.165, 1.54) is 30.2 Å². The van der Waals surface area contributed by atoms with E-state index in [4.69, 9.17) is 10.5 Å². The number of nitrogens with zero attached hydrogens (tertiary/aromatic N) is 3. The van der Waals surface area contributed by atoms with Crippen molar-refractivity contribution >= 4 is 45.9 Å². The number of benzene rings is 1. The Labute approximate surface area is 189 Å². The lowest BCUT2D eigenvalue weighted by Gasteiger charge is -2.19. The number of amides is 1. The molecule has 8 nitrogen and oxygen atoms in total. The molecule has 0 saturated heterocycles. The van der Waals surface area contributed by atoms with E-state index in [1.54, 1.807) is 4.57 Å². The Bertz CT molecular complexity index is 1080. The Kier molecular flexibility index (Phi) is 7.34. The molecule has 0 spiro atoms. The van der Waals surface area contributed by atoms with Crippen LogP contribution in [0.3, 0.4) is 0 Å². The Morgan fingerprint density at radius 3 is 2.61 bits per heavy atom. The summed E-state index contributed by atoms with van der Waals surface area (Å²) in [6.45, 7) is 5.62. The largest absolute Gasteiger partial charge is 0.465 e. The van der Waals surface area contributed by atoms with Crippen molar-refractivity contribution in [1.82, 2.24) is 14.8 Å². The summed E-state index contributed by atoms with van der Waals surface area (Å²) in [5.74, 6) is 0.0756. The third kappa shape index (κ3) is 4.91. The van der Waals surface area contributed by atoms with Gasteiger partial charge in [-0.1, -0.05) is 49.0 Å². The number of carbonyl (C=O) groups excluding carboxylic acids is 2. The van der Waals surface area contributed by atoms with Gasteiger partial charge in [-0.05, 0) is 31.4 Å². The summed E-state index contributed by atoms with van der Waals surface area (Å²) in [5, 5.41) is 12.1. The van der Waals surface area contributed by atoms with Gasteiger partial charge < -0.3 is 15.8 Å². The predicted molar refractivity (Wildman–Crippen MR) is 124 cm³/mol. The summed E-state index contributed by atoms with van der Waals surface area (Å²) >= 11 is 2.81. The lowest BCUT2D eigenvalue weighted by molar-refractivity contribution is -0.119. The number of hydrogen-bond acceptors (Lipinski definition) is 8. The molecule has 0 aliphatic rings. The second kappa shape index (κ2) is 9.97. The Morgan fingerprint density at radius 1 is 1.26 bits per heavy atom. The second-order valence-corrected chi connectivity index (χ2v) is 9.04. The molecule has 3 rings (SSSR count). The summed E-state index contributed by atoms with van der Waals surface area (Å²) in [7, 11) is 1.32. The molecule has 0 fully saturated rings. The first kappa shape index (κ1) is 22.8. The number of aryl methyl sites for hydroxylation is 1. The van der Waals surface area contributed by atoms with Crippen molar-refractivity contribution in [3.8, 4) is 0 Å². The standard InChI is InChI=1S/C21H25N5O3S2/c1-5-15(17(27)23-18-16(19(28)29-4)12(2)13(3)31-18)26-20(22)24-25-21(26)30-11-14-9-7-6-8-10-14/h6-10,15H,5,11H2,1-4H3,(H2,22,24)(H,23,27). The minimum atomic E-state index is -0.624. The van der Waals surface area contributed by atoms with E-state index >= 15 is 0 Å². The van der Waals surface area contributed by atoms with Crippen LogP contribution in [0.15, 0.2) is 35.5 Å². The highest BCUT2D eigenvalue weighted by Gasteiger charge is 2.28. The van der Waals surface area contributed by atoms with E-state index in [-0.39, 0.29) is 11.9 Å². The summed E-state index contributed by atoms with van der Waals surface area (Å²) < 4.78 is 6.54. The molecule has 1 atom stereocenters. The van der Waals surface area contributed by atoms with Crippen molar-refractivity contribution < 1.29 is 14.3 Å². The van der Waals surface area contributed by atoms with Gasteiger partial charge in [-0.3, -0.25) is 9.36 Å². The quantitative estimate of drug-likeness (QED) is 0.383. The maximum Gasteiger partial charge on any atom is 0.341 e. The molecule has 2 aromatic heterocycles. The van der Waals surface area contributed by atoms with Gasteiger partial charge in [0.25, 0.3) is 0 Å². The van der Waals surface area contributed by atoms with Crippen LogP contribution in [0.5, 0.6) is 0 Å². The fraction of sp³-hybridized carbons (Fsp3) is 0.333. The van der Waals surface area contributed by atoms with Crippen LogP contribution in [0, 0.1) is 13.8 Å². The number of aromatic nitrogens is 3. The van der Waals surface area contributed by atoms with E-state index < -0.39 is 12.0 Å². The van der Waals surface area contributed by atoms with Gasteiger partial charge in [-0.15, -0.1) is 21.5 Å². The van der Waals surface area contributed by atoms with E-state index in [1.807, 2.05) is 51.1 Å². The highest BCUT2D eigenvalue weighted by Crippen LogP contribution is 2.34. The molecule has 0 aliphatic carbocycles. The number of methoxy groups -OCH3 is 1. The Morgan fingerprint density at radius 2 is 1.97 bits per heavy atom.